The van der Waals surface area contributed by atoms with Crippen molar-refractivity contribution in [3.05, 3.63) is 35.7 Å². The van der Waals surface area contributed by atoms with Gasteiger partial charge in [0, 0.05) is 5.75 Å². The van der Waals surface area contributed by atoms with Gasteiger partial charge in [0.15, 0.2) is 0 Å². The number of hydrogen-bond acceptors (Lipinski definition) is 5. The minimum atomic E-state index is -0.993. The van der Waals surface area contributed by atoms with Crippen molar-refractivity contribution in [2.75, 3.05) is 12.4 Å². The highest BCUT2D eigenvalue weighted by atomic mass is 32.2. The number of aromatic carboxylic acids is 1. The quantitative estimate of drug-likeness (QED) is 0.621. The first-order valence-corrected chi connectivity index (χ1v) is 6.62. The van der Waals surface area contributed by atoms with Crippen LogP contribution in [-0.2, 0) is 0 Å². The Kier molecular flexibility index (Phi) is 4.40. The first kappa shape index (κ1) is 13.4. The summed E-state index contributed by atoms with van der Waals surface area (Å²) in [6.07, 6.45) is 0. The van der Waals surface area contributed by atoms with Crippen molar-refractivity contribution in [1.82, 2.24) is 15.2 Å². The molecule has 0 unspecified atom stereocenters. The molecular formula is C12H13N3O3S. The number of hydrogen-bond donors (Lipinski definition) is 2. The zero-order valence-corrected chi connectivity index (χ0v) is 11.1. The lowest BCUT2D eigenvalue weighted by molar-refractivity contribution is 0.0692. The molecule has 7 heteroatoms. The molecule has 0 aliphatic carbocycles. The summed E-state index contributed by atoms with van der Waals surface area (Å²) >= 11 is 1.45. The van der Waals surface area contributed by atoms with E-state index >= 15 is 0 Å². The number of aromatic amines is 1. The Morgan fingerprint density at radius 3 is 2.95 bits per heavy atom. The lowest BCUT2D eigenvalue weighted by atomic mass is 10.2. The number of aryl methyl sites for hydroxylation is 1. The Bertz CT molecular complexity index is 571. The molecule has 0 atom stereocenters. The standard InChI is InChI=1S/C12H13N3O3S/c1-8-13-12(15-14-8)19-7-6-18-10-5-3-2-4-9(10)11(16)17/h2-5H,6-7H2,1H3,(H,16,17)(H,13,14,15). The van der Waals surface area contributed by atoms with E-state index in [1.807, 2.05) is 6.92 Å². The summed E-state index contributed by atoms with van der Waals surface area (Å²) in [5, 5.41) is 16.4. The molecule has 1 aromatic carbocycles. The Hall–Kier alpha value is -2.02. The average Bonchev–Trinajstić information content (AvgIpc) is 2.81. The molecule has 100 valence electrons. The SMILES string of the molecule is Cc1nc(SCCOc2ccccc2C(=O)O)n[nH]1. The molecule has 2 N–H and O–H groups in total. The van der Waals surface area contributed by atoms with Crippen LogP contribution in [0.5, 0.6) is 5.75 Å². The van der Waals surface area contributed by atoms with Gasteiger partial charge in [-0.15, -0.1) is 5.10 Å². The zero-order chi connectivity index (χ0) is 13.7. The van der Waals surface area contributed by atoms with Gasteiger partial charge in [-0.05, 0) is 19.1 Å². The third-order valence-corrected chi connectivity index (χ3v) is 3.08. The first-order chi connectivity index (χ1) is 9.16. The van der Waals surface area contributed by atoms with Crippen LogP contribution in [0.4, 0.5) is 0 Å². The van der Waals surface area contributed by atoms with Crippen LogP contribution in [0.25, 0.3) is 0 Å². The normalized spacial score (nSPS) is 10.4. The number of carboxylic acids is 1. The van der Waals surface area contributed by atoms with E-state index in [2.05, 4.69) is 15.2 Å². The van der Waals surface area contributed by atoms with Gasteiger partial charge >= 0.3 is 5.97 Å². The Balaban J connectivity index is 1.84. The molecule has 0 saturated carbocycles. The summed E-state index contributed by atoms with van der Waals surface area (Å²) in [6.45, 7) is 2.22. The number of carboxylic acid groups (broad SMARTS) is 1. The minimum Gasteiger partial charge on any atom is -0.492 e. The van der Waals surface area contributed by atoms with Crippen LogP contribution in [0.3, 0.4) is 0 Å². The van der Waals surface area contributed by atoms with Crippen LogP contribution in [0.1, 0.15) is 16.2 Å². The molecule has 2 rings (SSSR count). The number of rotatable bonds is 6. The number of aromatic nitrogens is 3. The molecule has 0 saturated heterocycles. The smallest absolute Gasteiger partial charge is 0.339 e. The number of nitrogens with zero attached hydrogens (tertiary/aromatic N) is 2. The summed E-state index contributed by atoms with van der Waals surface area (Å²) in [6, 6.07) is 6.57. The van der Waals surface area contributed by atoms with Crippen LogP contribution in [0.2, 0.25) is 0 Å². The highest BCUT2D eigenvalue weighted by molar-refractivity contribution is 7.99. The fourth-order valence-electron chi connectivity index (χ4n) is 1.44. The Morgan fingerprint density at radius 1 is 1.47 bits per heavy atom. The van der Waals surface area contributed by atoms with Crippen molar-refractivity contribution >= 4 is 17.7 Å². The van der Waals surface area contributed by atoms with Crippen LogP contribution in [0, 0.1) is 6.92 Å². The van der Waals surface area contributed by atoms with Crippen molar-refractivity contribution in [2.24, 2.45) is 0 Å². The number of H-pyrrole nitrogens is 1. The van der Waals surface area contributed by atoms with Crippen molar-refractivity contribution in [3.63, 3.8) is 0 Å². The fourth-order valence-corrected chi connectivity index (χ4v) is 2.10. The number of para-hydroxylation sites is 1. The van der Waals surface area contributed by atoms with Crippen molar-refractivity contribution < 1.29 is 14.6 Å². The van der Waals surface area contributed by atoms with E-state index in [9.17, 15) is 4.79 Å². The van der Waals surface area contributed by atoms with E-state index < -0.39 is 5.97 Å². The number of thioether (sulfide) groups is 1. The summed E-state index contributed by atoms with van der Waals surface area (Å²) in [4.78, 5) is 15.1. The van der Waals surface area contributed by atoms with E-state index in [0.29, 0.717) is 23.3 Å². The van der Waals surface area contributed by atoms with Gasteiger partial charge < -0.3 is 9.84 Å². The van der Waals surface area contributed by atoms with Crippen molar-refractivity contribution in [1.29, 1.82) is 0 Å². The van der Waals surface area contributed by atoms with Gasteiger partial charge in [0.05, 0.1) is 6.61 Å². The number of carbonyl (C=O) groups is 1. The predicted octanol–water partition coefficient (Wildman–Crippen LogP) is 1.98. The minimum absolute atomic E-state index is 0.168. The van der Waals surface area contributed by atoms with Gasteiger partial charge in [0.2, 0.25) is 5.16 Å². The first-order valence-electron chi connectivity index (χ1n) is 5.64. The summed E-state index contributed by atoms with van der Waals surface area (Å²) in [7, 11) is 0. The monoisotopic (exact) mass is 279 g/mol. The Morgan fingerprint density at radius 2 is 2.26 bits per heavy atom. The summed E-state index contributed by atoms with van der Waals surface area (Å²) in [5.41, 5.74) is 0.168. The molecule has 19 heavy (non-hydrogen) atoms. The number of benzene rings is 1. The molecule has 0 fully saturated rings. The van der Waals surface area contributed by atoms with Gasteiger partial charge in [-0.25, -0.2) is 9.78 Å². The lowest BCUT2D eigenvalue weighted by Crippen LogP contribution is -2.05. The van der Waals surface area contributed by atoms with Crippen LogP contribution < -0.4 is 4.74 Å². The van der Waals surface area contributed by atoms with Crippen LogP contribution in [0.15, 0.2) is 29.4 Å². The highest BCUT2D eigenvalue weighted by Crippen LogP contribution is 2.19. The number of ether oxygens (including phenoxy) is 1. The second kappa shape index (κ2) is 6.24. The molecular weight excluding hydrogens is 266 g/mol. The molecule has 0 aliphatic rings. The maximum Gasteiger partial charge on any atom is 0.339 e. The maximum atomic E-state index is 11.0. The molecule has 0 bridgehead atoms. The van der Waals surface area contributed by atoms with Gasteiger partial charge in [-0.1, -0.05) is 23.9 Å². The fraction of sp³-hybridized carbons (Fsp3) is 0.250. The molecule has 1 aromatic heterocycles. The summed E-state index contributed by atoms with van der Waals surface area (Å²) in [5.74, 6) is 0.792. The van der Waals surface area contributed by atoms with Crippen LogP contribution >= 0.6 is 11.8 Å². The largest absolute Gasteiger partial charge is 0.492 e. The van der Waals surface area contributed by atoms with Crippen molar-refractivity contribution in [3.8, 4) is 5.75 Å². The molecule has 6 nitrogen and oxygen atoms in total. The third-order valence-electron chi connectivity index (χ3n) is 2.27. The van der Waals surface area contributed by atoms with Gasteiger partial charge in [-0.3, -0.25) is 5.10 Å². The van der Waals surface area contributed by atoms with E-state index in [4.69, 9.17) is 9.84 Å². The van der Waals surface area contributed by atoms with Gasteiger partial charge in [0.1, 0.15) is 17.1 Å². The molecule has 0 spiro atoms. The highest BCUT2D eigenvalue weighted by Gasteiger charge is 2.09. The molecule has 2 aromatic rings. The second-order valence-corrected chi connectivity index (χ2v) is 4.76. The zero-order valence-electron chi connectivity index (χ0n) is 10.3. The molecule has 0 radical (unpaired) electrons. The molecule has 0 amide bonds. The second-order valence-electron chi connectivity index (χ2n) is 3.70. The Labute approximate surface area is 114 Å². The average molecular weight is 279 g/mol. The van der Waals surface area contributed by atoms with E-state index in [1.54, 1.807) is 18.2 Å². The van der Waals surface area contributed by atoms with E-state index in [1.165, 1.54) is 17.8 Å². The maximum absolute atomic E-state index is 11.0. The third kappa shape index (κ3) is 3.72. The topological polar surface area (TPSA) is 88.1 Å². The van der Waals surface area contributed by atoms with Gasteiger partial charge in [0.25, 0.3) is 0 Å². The summed E-state index contributed by atoms with van der Waals surface area (Å²) < 4.78 is 5.46. The van der Waals surface area contributed by atoms with Crippen molar-refractivity contribution in [2.45, 2.75) is 12.1 Å². The van der Waals surface area contributed by atoms with Crippen LogP contribution in [-0.4, -0.2) is 38.6 Å². The molecule has 0 aliphatic heterocycles. The lowest BCUT2D eigenvalue weighted by Gasteiger charge is -2.07. The number of nitrogens with one attached hydrogen (secondary N) is 1. The van der Waals surface area contributed by atoms with Gasteiger partial charge in [-0.2, -0.15) is 0 Å². The molecule has 1 heterocycles. The predicted molar refractivity (Wildman–Crippen MR) is 70.7 cm³/mol. The van der Waals surface area contributed by atoms with E-state index in [0.717, 1.165) is 5.82 Å². The van der Waals surface area contributed by atoms with E-state index in [-0.39, 0.29) is 5.56 Å².